The Kier molecular flexibility index (Phi) is 3.55. The molecule has 0 bridgehead atoms. The third kappa shape index (κ3) is 2.20. The van der Waals surface area contributed by atoms with E-state index in [0.717, 1.165) is 11.1 Å². The lowest BCUT2D eigenvalue weighted by atomic mass is 9.67. The van der Waals surface area contributed by atoms with Gasteiger partial charge in [0.25, 0.3) is 0 Å². The number of rotatable bonds is 2. The molecule has 2 N–H and O–H groups in total. The molecule has 0 saturated heterocycles. The minimum Gasteiger partial charge on any atom is -0.322 e. The highest BCUT2D eigenvalue weighted by molar-refractivity contribution is 5.74. The average Bonchev–Trinajstić information content (AvgIpc) is 2.39. The van der Waals surface area contributed by atoms with Gasteiger partial charge in [-0.15, -0.1) is 0 Å². The molecule has 0 amide bonds. The fourth-order valence-corrected chi connectivity index (χ4v) is 2.51. The Balaban J connectivity index is 2.48. The maximum absolute atomic E-state index is 13.3. The zero-order valence-corrected chi connectivity index (χ0v) is 11.1. The van der Waals surface area contributed by atoms with Crippen molar-refractivity contribution in [3.05, 3.63) is 53.9 Å². The molecule has 2 nitrogen and oxygen atoms in total. The van der Waals surface area contributed by atoms with Crippen LogP contribution in [0.2, 0.25) is 0 Å². The van der Waals surface area contributed by atoms with Gasteiger partial charge in [0.1, 0.15) is 5.82 Å². The molecule has 0 spiro atoms. The molecule has 0 saturated carbocycles. The standard InChI is InChI=1S/C16H17FN2/c1-11(2)16(10-18)8-4-7-14(15(16)19)12-5-3-6-13(17)9-12/h3-9,11,15H,19H2,1-2H3. The van der Waals surface area contributed by atoms with Crippen molar-refractivity contribution in [1.29, 1.82) is 5.26 Å². The van der Waals surface area contributed by atoms with Gasteiger partial charge in [0.2, 0.25) is 0 Å². The van der Waals surface area contributed by atoms with E-state index in [1.165, 1.54) is 12.1 Å². The van der Waals surface area contributed by atoms with E-state index in [1.54, 1.807) is 6.07 Å². The zero-order valence-electron chi connectivity index (χ0n) is 11.1. The maximum atomic E-state index is 13.3. The Labute approximate surface area is 113 Å². The predicted octanol–water partition coefficient (Wildman–Crippen LogP) is 3.27. The molecule has 3 heteroatoms. The second kappa shape index (κ2) is 4.99. The van der Waals surface area contributed by atoms with Crippen LogP contribution in [0.4, 0.5) is 4.39 Å². The lowest BCUT2D eigenvalue weighted by molar-refractivity contribution is 0.327. The van der Waals surface area contributed by atoms with Gasteiger partial charge in [-0.3, -0.25) is 0 Å². The lowest BCUT2D eigenvalue weighted by Gasteiger charge is -2.37. The van der Waals surface area contributed by atoms with Gasteiger partial charge in [-0.25, -0.2) is 4.39 Å². The highest BCUT2D eigenvalue weighted by Gasteiger charge is 2.41. The summed E-state index contributed by atoms with van der Waals surface area (Å²) in [5.41, 5.74) is 7.08. The van der Waals surface area contributed by atoms with E-state index in [0.29, 0.717) is 0 Å². The first-order valence-corrected chi connectivity index (χ1v) is 6.33. The van der Waals surface area contributed by atoms with Gasteiger partial charge in [-0.1, -0.05) is 44.2 Å². The Morgan fingerprint density at radius 1 is 1.42 bits per heavy atom. The van der Waals surface area contributed by atoms with Crippen LogP contribution in [0.15, 0.2) is 42.5 Å². The maximum Gasteiger partial charge on any atom is 0.123 e. The number of hydrogen-bond donors (Lipinski definition) is 1. The number of benzene rings is 1. The van der Waals surface area contributed by atoms with Crippen LogP contribution in [0.1, 0.15) is 19.4 Å². The number of nitrogens with zero attached hydrogens (tertiary/aromatic N) is 1. The molecule has 2 atom stereocenters. The highest BCUT2D eigenvalue weighted by atomic mass is 19.1. The Morgan fingerprint density at radius 3 is 2.74 bits per heavy atom. The second-order valence-corrected chi connectivity index (χ2v) is 5.17. The van der Waals surface area contributed by atoms with Crippen LogP contribution < -0.4 is 5.73 Å². The third-order valence-electron chi connectivity index (χ3n) is 3.80. The van der Waals surface area contributed by atoms with Gasteiger partial charge < -0.3 is 5.73 Å². The Hall–Kier alpha value is -1.92. The smallest absolute Gasteiger partial charge is 0.123 e. The number of halogens is 1. The van der Waals surface area contributed by atoms with E-state index in [1.807, 2.05) is 38.1 Å². The molecule has 1 aliphatic carbocycles. The zero-order chi connectivity index (χ0) is 14.0. The van der Waals surface area contributed by atoms with Crippen molar-refractivity contribution in [3.8, 4) is 6.07 Å². The fraction of sp³-hybridized carbons (Fsp3) is 0.312. The summed E-state index contributed by atoms with van der Waals surface area (Å²) >= 11 is 0. The van der Waals surface area contributed by atoms with Gasteiger partial charge in [0.05, 0.1) is 17.5 Å². The molecular formula is C16H17FN2. The second-order valence-electron chi connectivity index (χ2n) is 5.17. The number of hydrogen-bond acceptors (Lipinski definition) is 2. The summed E-state index contributed by atoms with van der Waals surface area (Å²) in [6, 6.07) is 8.20. The molecule has 98 valence electrons. The van der Waals surface area contributed by atoms with Crippen molar-refractivity contribution >= 4 is 5.57 Å². The molecule has 19 heavy (non-hydrogen) atoms. The molecule has 0 aliphatic heterocycles. The fourth-order valence-electron chi connectivity index (χ4n) is 2.51. The first-order chi connectivity index (χ1) is 9.01. The Bertz CT molecular complexity index is 581. The first kappa shape index (κ1) is 13.5. The number of nitrogens with two attached hydrogens (primary N) is 1. The SMILES string of the molecule is CC(C)C1(C#N)C=CC=C(c2cccc(F)c2)C1N. The van der Waals surface area contributed by atoms with E-state index in [2.05, 4.69) is 6.07 Å². The molecule has 0 radical (unpaired) electrons. The van der Waals surface area contributed by atoms with Crippen LogP contribution in [0.3, 0.4) is 0 Å². The van der Waals surface area contributed by atoms with E-state index in [9.17, 15) is 9.65 Å². The van der Waals surface area contributed by atoms with E-state index in [-0.39, 0.29) is 11.7 Å². The number of allylic oxidation sites excluding steroid dienone is 2. The predicted molar refractivity (Wildman–Crippen MR) is 74.4 cm³/mol. The van der Waals surface area contributed by atoms with Gasteiger partial charge >= 0.3 is 0 Å². The average molecular weight is 256 g/mol. The summed E-state index contributed by atoms with van der Waals surface area (Å²) in [7, 11) is 0. The van der Waals surface area contributed by atoms with Crippen molar-refractivity contribution in [2.45, 2.75) is 19.9 Å². The van der Waals surface area contributed by atoms with Crippen LogP contribution >= 0.6 is 0 Å². The van der Waals surface area contributed by atoms with Crippen molar-refractivity contribution < 1.29 is 4.39 Å². The van der Waals surface area contributed by atoms with Gasteiger partial charge in [-0.2, -0.15) is 5.26 Å². The van der Waals surface area contributed by atoms with Crippen LogP contribution in [-0.4, -0.2) is 6.04 Å². The van der Waals surface area contributed by atoms with Gasteiger partial charge in [0, 0.05) is 0 Å². The van der Waals surface area contributed by atoms with Crippen LogP contribution in [-0.2, 0) is 0 Å². The lowest BCUT2D eigenvalue weighted by Crippen LogP contribution is -2.45. The van der Waals surface area contributed by atoms with Gasteiger partial charge in [0.15, 0.2) is 0 Å². The van der Waals surface area contributed by atoms with Crippen molar-refractivity contribution in [1.82, 2.24) is 0 Å². The molecule has 1 aromatic rings. The van der Waals surface area contributed by atoms with E-state index >= 15 is 0 Å². The summed E-state index contributed by atoms with van der Waals surface area (Å²) in [6.07, 6.45) is 5.55. The molecule has 0 aromatic heterocycles. The van der Waals surface area contributed by atoms with Crippen molar-refractivity contribution in [3.63, 3.8) is 0 Å². The molecule has 0 heterocycles. The quantitative estimate of drug-likeness (QED) is 0.882. The summed E-state index contributed by atoms with van der Waals surface area (Å²) in [5.74, 6) is -0.215. The monoisotopic (exact) mass is 256 g/mol. The van der Waals surface area contributed by atoms with Gasteiger partial charge in [-0.05, 0) is 29.2 Å². The van der Waals surface area contributed by atoms with Crippen molar-refractivity contribution in [2.75, 3.05) is 0 Å². The minimum absolute atomic E-state index is 0.0843. The normalized spacial score (nSPS) is 26.1. The summed E-state index contributed by atoms with van der Waals surface area (Å²) in [5, 5.41) is 9.52. The largest absolute Gasteiger partial charge is 0.322 e. The summed E-state index contributed by atoms with van der Waals surface area (Å²) in [4.78, 5) is 0. The Morgan fingerprint density at radius 2 is 2.16 bits per heavy atom. The topological polar surface area (TPSA) is 49.8 Å². The third-order valence-corrected chi connectivity index (χ3v) is 3.80. The molecule has 2 unspecified atom stereocenters. The van der Waals surface area contributed by atoms with E-state index < -0.39 is 11.5 Å². The molecular weight excluding hydrogens is 239 g/mol. The molecule has 1 aromatic carbocycles. The molecule has 0 fully saturated rings. The van der Waals surface area contributed by atoms with Crippen LogP contribution in [0.5, 0.6) is 0 Å². The van der Waals surface area contributed by atoms with E-state index in [4.69, 9.17) is 5.73 Å². The first-order valence-electron chi connectivity index (χ1n) is 6.33. The minimum atomic E-state index is -0.740. The highest BCUT2D eigenvalue weighted by Crippen LogP contribution is 2.40. The molecule has 1 aliphatic rings. The summed E-state index contributed by atoms with van der Waals surface area (Å²) in [6.45, 7) is 3.95. The summed E-state index contributed by atoms with van der Waals surface area (Å²) < 4.78 is 13.3. The van der Waals surface area contributed by atoms with Crippen molar-refractivity contribution in [2.24, 2.45) is 17.1 Å². The van der Waals surface area contributed by atoms with Crippen LogP contribution in [0, 0.1) is 28.5 Å². The van der Waals surface area contributed by atoms with Crippen LogP contribution in [0.25, 0.3) is 5.57 Å². The molecule has 2 rings (SSSR count). The number of nitriles is 1.